The standard InChI is InChI=1S/C29H24FN7OS/c30-23-12-18(19-10-20(14-31-13-19)33-29(38)16-4-2-1-3-5-16)11-22-24(23)36-37-26(22)28-34-25-21(17-7-9-39-15-17)6-8-32-27(25)35-28/h6-16H,1-5H2,(H,33,38)(H,36,37)(H,32,34,35). The van der Waals surface area contributed by atoms with Crippen molar-refractivity contribution in [3.8, 4) is 33.8 Å². The zero-order valence-electron chi connectivity index (χ0n) is 20.9. The summed E-state index contributed by atoms with van der Waals surface area (Å²) in [5.74, 6) is 0.108. The molecule has 7 rings (SSSR count). The lowest BCUT2D eigenvalue weighted by Crippen LogP contribution is -2.24. The largest absolute Gasteiger partial charge is 0.335 e. The van der Waals surface area contributed by atoms with Crippen molar-refractivity contribution in [1.29, 1.82) is 0 Å². The predicted molar refractivity (Wildman–Crippen MR) is 151 cm³/mol. The number of aromatic nitrogens is 6. The summed E-state index contributed by atoms with van der Waals surface area (Å²) < 4.78 is 15.3. The summed E-state index contributed by atoms with van der Waals surface area (Å²) in [6.07, 6.45) is 10.2. The van der Waals surface area contributed by atoms with Gasteiger partial charge < -0.3 is 10.3 Å². The van der Waals surface area contributed by atoms with Crippen molar-refractivity contribution in [2.75, 3.05) is 5.32 Å². The van der Waals surface area contributed by atoms with Gasteiger partial charge in [0.2, 0.25) is 5.91 Å². The number of thiophene rings is 1. The molecule has 0 bridgehead atoms. The molecule has 3 N–H and O–H groups in total. The Labute approximate surface area is 226 Å². The van der Waals surface area contributed by atoms with Crippen LogP contribution in [-0.4, -0.2) is 36.0 Å². The normalized spacial score (nSPS) is 14.3. The number of amides is 1. The maximum absolute atomic E-state index is 15.3. The van der Waals surface area contributed by atoms with E-state index in [2.05, 4.69) is 40.8 Å². The summed E-state index contributed by atoms with van der Waals surface area (Å²) in [6.45, 7) is 0. The lowest BCUT2D eigenvalue weighted by atomic mass is 9.88. The van der Waals surface area contributed by atoms with Crippen molar-refractivity contribution in [1.82, 2.24) is 30.1 Å². The molecule has 10 heteroatoms. The van der Waals surface area contributed by atoms with E-state index in [4.69, 9.17) is 0 Å². The van der Waals surface area contributed by atoms with Gasteiger partial charge in [-0.25, -0.2) is 14.4 Å². The molecular weight excluding hydrogens is 513 g/mol. The van der Waals surface area contributed by atoms with Gasteiger partial charge in [-0.05, 0) is 65.1 Å². The quantitative estimate of drug-likeness (QED) is 0.220. The zero-order valence-corrected chi connectivity index (χ0v) is 21.7. The first kappa shape index (κ1) is 23.7. The Kier molecular flexibility index (Phi) is 5.89. The number of fused-ring (bicyclic) bond motifs is 2. The lowest BCUT2D eigenvalue weighted by Gasteiger charge is -2.20. The number of nitrogens with one attached hydrogen (secondary N) is 3. The highest BCUT2D eigenvalue weighted by Crippen LogP contribution is 2.34. The van der Waals surface area contributed by atoms with Crippen molar-refractivity contribution in [2.24, 2.45) is 5.92 Å². The van der Waals surface area contributed by atoms with Crippen LogP contribution in [0.3, 0.4) is 0 Å². The molecule has 0 saturated heterocycles. The minimum absolute atomic E-state index is 0.0210. The van der Waals surface area contributed by atoms with Crippen molar-refractivity contribution >= 4 is 45.0 Å². The number of H-pyrrole nitrogens is 2. The highest BCUT2D eigenvalue weighted by molar-refractivity contribution is 7.08. The highest BCUT2D eigenvalue weighted by Gasteiger charge is 2.22. The van der Waals surface area contributed by atoms with Crippen molar-refractivity contribution < 1.29 is 9.18 Å². The summed E-state index contributed by atoms with van der Waals surface area (Å²) in [5.41, 5.74) is 6.13. The fraction of sp³-hybridized carbons (Fsp3) is 0.207. The number of hydrogen-bond donors (Lipinski definition) is 3. The average Bonchev–Trinajstić information content (AvgIpc) is 3.73. The first-order valence-corrected chi connectivity index (χ1v) is 13.9. The fourth-order valence-corrected chi connectivity index (χ4v) is 6.04. The van der Waals surface area contributed by atoms with Gasteiger partial charge in [0.1, 0.15) is 11.2 Å². The van der Waals surface area contributed by atoms with Crippen LogP contribution in [0.1, 0.15) is 32.1 Å². The number of halogens is 1. The molecule has 1 aromatic carbocycles. The van der Waals surface area contributed by atoms with E-state index in [0.717, 1.165) is 42.3 Å². The molecule has 0 aliphatic heterocycles. The lowest BCUT2D eigenvalue weighted by molar-refractivity contribution is -0.120. The number of carbonyl (C=O) groups excluding carboxylic acids is 1. The van der Waals surface area contributed by atoms with Crippen LogP contribution in [0.4, 0.5) is 10.1 Å². The molecule has 1 saturated carbocycles. The van der Waals surface area contributed by atoms with Crippen LogP contribution in [0.2, 0.25) is 0 Å². The minimum Gasteiger partial charge on any atom is -0.335 e. The van der Waals surface area contributed by atoms with Crippen molar-refractivity contribution in [3.63, 3.8) is 0 Å². The summed E-state index contributed by atoms with van der Waals surface area (Å²) >= 11 is 1.62. The molecule has 0 radical (unpaired) electrons. The number of imidazole rings is 1. The van der Waals surface area contributed by atoms with E-state index < -0.39 is 5.82 Å². The maximum Gasteiger partial charge on any atom is 0.227 e. The summed E-state index contributed by atoms with van der Waals surface area (Å²) in [7, 11) is 0. The SMILES string of the molecule is O=C(Nc1cncc(-c2cc(F)c3n[nH]c(-c4nc5nccc(-c6ccsc6)c5[nH]4)c3c2)c1)C1CCCCC1. The molecule has 0 unspecified atom stereocenters. The Morgan fingerprint density at radius 3 is 2.79 bits per heavy atom. The second kappa shape index (κ2) is 9.70. The van der Waals surface area contributed by atoms with Gasteiger partial charge in [-0.2, -0.15) is 16.4 Å². The molecular formula is C29H24FN7OS. The van der Waals surface area contributed by atoms with Crippen molar-refractivity contribution in [3.05, 3.63) is 65.5 Å². The number of pyridine rings is 2. The first-order chi connectivity index (χ1) is 19.1. The number of carbonyl (C=O) groups is 1. The van der Waals surface area contributed by atoms with E-state index in [-0.39, 0.29) is 17.3 Å². The Hall–Kier alpha value is -4.44. The molecule has 5 heterocycles. The molecule has 5 aromatic heterocycles. The molecule has 0 spiro atoms. The number of benzene rings is 1. The number of aromatic amines is 2. The van der Waals surface area contributed by atoms with E-state index >= 15 is 4.39 Å². The van der Waals surface area contributed by atoms with Gasteiger partial charge in [-0.3, -0.25) is 14.9 Å². The van der Waals surface area contributed by atoms with Crippen LogP contribution in [0.5, 0.6) is 0 Å². The van der Waals surface area contributed by atoms with Crippen molar-refractivity contribution in [2.45, 2.75) is 32.1 Å². The number of hydrogen-bond acceptors (Lipinski definition) is 6. The third-order valence-electron chi connectivity index (χ3n) is 7.39. The second-order valence-corrected chi connectivity index (χ2v) is 10.7. The summed E-state index contributed by atoms with van der Waals surface area (Å²) in [5, 5.41) is 14.9. The topological polar surface area (TPSA) is 112 Å². The first-order valence-electron chi connectivity index (χ1n) is 13.0. The van der Waals surface area contributed by atoms with E-state index in [0.29, 0.717) is 39.4 Å². The molecule has 1 amide bonds. The minimum atomic E-state index is -0.463. The molecule has 194 valence electrons. The van der Waals surface area contributed by atoms with Crippen LogP contribution in [0, 0.1) is 11.7 Å². The third-order valence-corrected chi connectivity index (χ3v) is 8.07. The van der Waals surface area contributed by atoms with Gasteiger partial charge in [-0.1, -0.05) is 19.3 Å². The second-order valence-electron chi connectivity index (χ2n) is 9.89. The molecule has 1 fully saturated rings. The van der Waals surface area contributed by atoms with Crippen LogP contribution in [0.15, 0.2) is 59.7 Å². The number of anilines is 1. The Balaban J connectivity index is 1.25. The molecule has 6 aromatic rings. The molecule has 0 atom stereocenters. The van der Waals surface area contributed by atoms with Gasteiger partial charge in [-0.15, -0.1) is 0 Å². The van der Waals surface area contributed by atoms with Gasteiger partial charge >= 0.3 is 0 Å². The van der Waals surface area contributed by atoms with E-state index in [1.165, 1.54) is 12.5 Å². The van der Waals surface area contributed by atoms with E-state index in [1.807, 2.05) is 29.6 Å². The Morgan fingerprint density at radius 1 is 1.05 bits per heavy atom. The fourth-order valence-electron chi connectivity index (χ4n) is 5.39. The summed E-state index contributed by atoms with van der Waals surface area (Å²) in [4.78, 5) is 29.5. The average molecular weight is 538 g/mol. The highest BCUT2D eigenvalue weighted by atomic mass is 32.1. The molecule has 1 aliphatic rings. The zero-order chi connectivity index (χ0) is 26.3. The molecule has 8 nitrogen and oxygen atoms in total. The molecule has 39 heavy (non-hydrogen) atoms. The summed E-state index contributed by atoms with van der Waals surface area (Å²) in [6, 6.07) is 9.12. The van der Waals surface area contributed by atoms with E-state index in [9.17, 15) is 4.79 Å². The van der Waals surface area contributed by atoms with Crippen LogP contribution in [0.25, 0.3) is 55.8 Å². The monoisotopic (exact) mass is 537 g/mol. The Bertz CT molecular complexity index is 1820. The van der Waals surface area contributed by atoms with Gasteiger partial charge in [0.25, 0.3) is 0 Å². The van der Waals surface area contributed by atoms with Crippen LogP contribution >= 0.6 is 11.3 Å². The third kappa shape index (κ3) is 4.36. The number of nitrogens with zero attached hydrogens (tertiary/aromatic N) is 4. The van der Waals surface area contributed by atoms with Gasteiger partial charge in [0.05, 0.1) is 17.4 Å². The van der Waals surface area contributed by atoms with Gasteiger partial charge in [0.15, 0.2) is 17.3 Å². The van der Waals surface area contributed by atoms with Crippen LogP contribution in [-0.2, 0) is 4.79 Å². The van der Waals surface area contributed by atoms with Crippen LogP contribution < -0.4 is 5.32 Å². The van der Waals surface area contributed by atoms with Gasteiger partial charge in [0, 0.05) is 34.8 Å². The predicted octanol–water partition coefficient (Wildman–Crippen LogP) is 6.95. The van der Waals surface area contributed by atoms with E-state index in [1.54, 1.807) is 29.9 Å². The number of rotatable bonds is 5. The Morgan fingerprint density at radius 2 is 1.95 bits per heavy atom. The molecule has 1 aliphatic carbocycles. The smallest absolute Gasteiger partial charge is 0.227 e. The maximum atomic E-state index is 15.3.